The summed E-state index contributed by atoms with van der Waals surface area (Å²) in [5.41, 5.74) is 6.81. The zero-order valence-electron chi connectivity index (χ0n) is 30.8. The van der Waals surface area contributed by atoms with Gasteiger partial charge in [-0.05, 0) is 37.8 Å². The van der Waals surface area contributed by atoms with E-state index >= 15 is 0 Å². The molecule has 0 spiro atoms. The number of aliphatic hydroxyl groups excluding tert-OH is 5. The minimum Gasteiger partial charge on any atom is -0.480 e. The number of aromatic nitrogens is 1. The van der Waals surface area contributed by atoms with Crippen LogP contribution in [-0.2, 0) is 40.0 Å². The minimum atomic E-state index is -1.83. The number of aliphatic carboxylic acids is 1. The van der Waals surface area contributed by atoms with Crippen molar-refractivity contribution in [3.63, 3.8) is 0 Å². The summed E-state index contributed by atoms with van der Waals surface area (Å²) in [5, 5.41) is 73.0. The second-order valence-corrected chi connectivity index (χ2v) is 13.4. The van der Waals surface area contributed by atoms with Crippen LogP contribution in [0.3, 0.4) is 0 Å². The molecule has 15 N–H and O–H groups in total. The Balaban J connectivity index is 2.23. The molecule has 1 aromatic heterocycles. The van der Waals surface area contributed by atoms with E-state index in [0.29, 0.717) is 10.9 Å². The van der Waals surface area contributed by atoms with Crippen molar-refractivity contribution in [2.75, 3.05) is 19.8 Å². The smallest absolute Gasteiger partial charge is 0.326 e. The molecule has 21 nitrogen and oxygen atoms in total. The molecule has 1 heterocycles. The Morgan fingerprint density at radius 3 is 1.56 bits per heavy atom. The molecule has 21 heteroatoms. The average Bonchev–Trinajstić information content (AvgIpc) is 3.54. The third-order valence-electron chi connectivity index (χ3n) is 8.39. The van der Waals surface area contributed by atoms with E-state index in [0.717, 1.165) is 12.4 Å². The van der Waals surface area contributed by atoms with E-state index in [-0.39, 0.29) is 18.8 Å². The number of benzene rings is 1. The molecular weight excluding hydrogens is 728 g/mol. The van der Waals surface area contributed by atoms with Gasteiger partial charge in [-0.2, -0.15) is 0 Å². The van der Waals surface area contributed by atoms with Gasteiger partial charge in [0.1, 0.15) is 42.3 Å². The van der Waals surface area contributed by atoms with Crippen molar-refractivity contribution < 1.29 is 64.2 Å². The maximum absolute atomic E-state index is 13.6. The highest BCUT2D eigenvalue weighted by Crippen LogP contribution is 2.19. The molecule has 0 aliphatic rings. The average molecular weight is 781 g/mol. The Morgan fingerprint density at radius 1 is 0.636 bits per heavy atom. The van der Waals surface area contributed by atoms with Crippen LogP contribution in [0.5, 0.6) is 0 Å². The van der Waals surface area contributed by atoms with Crippen molar-refractivity contribution in [3.05, 3.63) is 36.0 Å². The largest absolute Gasteiger partial charge is 0.480 e. The van der Waals surface area contributed by atoms with Crippen LogP contribution in [0.25, 0.3) is 10.9 Å². The van der Waals surface area contributed by atoms with E-state index in [2.05, 4.69) is 36.9 Å². The summed E-state index contributed by atoms with van der Waals surface area (Å²) in [5.74, 6) is -7.99. The van der Waals surface area contributed by atoms with Crippen LogP contribution in [0, 0.1) is 5.92 Å². The SMILES string of the molecule is CC(C)C[C@H](NC(=O)[C@H](Cc1c[nH]c2ccccc12)NC(=O)[C@@H](NC(=O)[C@H](CO)NC(=O)[C@H](CO)NC(=O)[C@H](CO)NC(=O)[C@@H](N)[C@@H](C)O)[C@@H](C)O)C(=O)O. The zero-order chi connectivity index (χ0) is 41.6. The highest BCUT2D eigenvalue weighted by Gasteiger charge is 2.35. The lowest BCUT2D eigenvalue weighted by molar-refractivity contribution is -0.143. The number of hydrogen-bond donors (Lipinski definition) is 14. The van der Waals surface area contributed by atoms with E-state index in [1.54, 1.807) is 44.3 Å². The number of aromatic amines is 1. The molecule has 9 atom stereocenters. The summed E-state index contributed by atoms with van der Waals surface area (Å²) >= 11 is 0. The van der Waals surface area contributed by atoms with Gasteiger partial charge >= 0.3 is 5.97 Å². The second kappa shape index (κ2) is 21.6. The number of carbonyl (C=O) groups is 7. The van der Waals surface area contributed by atoms with Gasteiger partial charge in [-0.25, -0.2) is 4.79 Å². The van der Waals surface area contributed by atoms with Crippen LogP contribution in [0.2, 0.25) is 0 Å². The van der Waals surface area contributed by atoms with E-state index in [9.17, 15) is 64.2 Å². The van der Waals surface area contributed by atoms with Crippen molar-refractivity contribution in [1.82, 2.24) is 36.9 Å². The fourth-order valence-corrected chi connectivity index (χ4v) is 5.23. The standard InChI is InChI=1S/C34H52N8O13/c1-15(2)9-22(34(54)55)38-28(48)21(10-18-11-36-20-8-6-5-7-19(18)20)37-33(53)27(17(4)47)42-31(51)25(14-45)40-29(49)23(12-43)39-30(50)24(13-44)41-32(52)26(35)16(3)46/h5-8,11,15-17,21-27,36,43-47H,9-10,12-14,35H2,1-4H3,(H,37,53)(H,38,48)(H,39,50)(H,40,49)(H,41,52)(H,42,51)(H,54,55)/t16-,17-,21+,22+,23+,24+,25+,26+,27+/m1/s1. The minimum absolute atomic E-state index is 0.0769. The lowest BCUT2D eigenvalue weighted by Crippen LogP contribution is -2.63. The van der Waals surface area contributed by atoms with Crippen LogP contribution in [-0.4, -0.2) is 151 Å². The molecule has 0 aliphatic carbocycles. The molecular formula is C34H52N8O13. The predicted octanol–water partition coefficient (Wildman–Crippen LogP) is -5.18. The summed E-state index contributed by atoms with van der Waals surface area (Å²) in [7, 11) is 0. The molecule has 306 valence electrons. The molecule has 2 rings (SSSR count). The normalized spacial score (nSPS) is 16.3. The highest BCUT2D eigenvalue weighted by atomic mass is 16.4. The second-order valence-electron chi connectivity index (χ2n) is 13.4. The molecule has 0 bridgehead atoms. The number of aliphatic hydroxyl groups is 5. The van der Waals surface area contributed by atoms with Crippen LogP contribution in [0.4, 0.5) is 0 Å². The predicted molar refractivity (Wildman–Crippen MR) is 193 cm³/mol. The highest BCUT2D eigenvalue weighted by molar-refractivity contribution is 5.97. The monoisotopic (exact) mass is 780 g/mol. The zero-order valence-corrected chi connectivity index (χ0v) is 30.8. The summed E-state index contributed by atoms with van der Waals surface area (Å²) in [4.78, 5) is 93.0. The molecule has 0 saturated carbocycles. The first kappa shape index (κ1) is 46.0. The van der Waals surface area contributed by atoms with Gasteiger partial charge in [0, 0.05) is 23.5 Å². The van der Waals surface area contributed by atoms with Crippen molar-refractivity contribution in [3.8, 4) is 0 Å². The van der Waals surface area contributed by atoms with Gasteiger partial charge < -0.3 is 73.3 Å². The topological polar surface area (TPSA) is 355 Å². The summed E-state index contributed by atoms with van der Waals surface area (Å²) < 4.78 is 0. The molecule has 0 aliphatic heterocycles. The number of amides is 6. The molecule has 0 fully saturated rings. The molecule has 1 aromatic carbocycles. The van der Waals surface area contributed by atoms with Gasteiger partial charge in [-0.15, -0.1) is 0 Å². The van der Waals surface area contributed by atoms with Crippen molar-refractivity contribution in [2.45, 2.75) is 95.0 Å². The molecule has 6 amide bonds. The lowest BCUT2D eigenvalue weighted by Gasteiger charge is -2.27. The third kappa shape index (κ3) is 13.6. The van der Waals surface area contributed by atoms with Gasteiger partial charge in [0.15, 0.2) is 0 Å². The quantitative estimate of drug-likeness (QED) is 0.0531. The summed E-state index contributed by atoms with van der Waals surface area (Å²) in [6.07, 6.45) is -1.39. The Labute approximate surface area is 315 Å². The first-order chi connectivity index (χ1) is 25.8. The van der Waals surface area contributed by atoms with E-state index in [4.69, 9.17) is 5.73 Å². The van der Waals surface area contributed by atoms with Gasteiger partial charge in [-0.3, -0.25) is 28.8 Å². The molecule has 0 saturated heterocycles. The van der Waals surface area contributed by atoms with Crippen molar-refractivity contribution in [2.24, 2.45) is 11.7 Å². The Kier molecular flexibility index (Phi) is 18.1. The first-order valence-corrected chi connectivity index (χ1v) is 17.4. The Bertz CT molecular complexity index is 1650. The van der Waals surface area contributed by atoms with Crippen LogP contribution in [0.15, 0.2) is 30.5 Å². The van der Waals surface area contributed by atoms with Gasteiger partial charge in [0.25, 0.3) is 0 Å². The van der Waals surface area contributed by atoms with E-state index in [1.165, 1.54) is 6.92 Å². The number of carbonyl (C=O) groups excluding carboxylic acids is 6. The van der Waals surface area contributed by atoms with Gasteiger partial charge in [0.2, 0.25) is 35.4 Å². The fourth-order valence-electron chi connectivity index (χ4n) is 5.23. The maximum Gasteiger partial charge on any atom is 0.326 e. The molecule has 55 heavy (non-hydrogen) atoms. The molecule has 0 radical (unpaired) electrons. The third-order valence-corrected chi connectivity index (χ3v) is 8.39. The lowest BCUT2D eigenvalue weighted by atomic mass is 10.0. The maximum atomic E-state index is 13.6. The number of rotatable bonds is 22. The number of carboxylic acids is 1. The number of hydrogen-bond acceptors (Lipinski definition) is 13. The summed E-state index contributed by atoms with van der Waals surface area (Å²) in [6.45, 7) is 2.75. The van der Waals surface area contributed by atoms with Gasteiger partial charge in [0.05, 0.1) is 32.0 Å². The van der Waals surface area contributed by atoms with E-state index in [1.807, 2.05) is 0 Å². The van der Waals surface area contributed by atoms with Crippen LogP contribution in [0.1, 0.15) is 39.7 Å². The molecule has 0 unspecified atom stereocenters. The molecule has 2 aromatic rings. The van der Waals surface area contributed by atoms with Crippen LogP contribution < -0.4 is 37.6 Å². The fraction of sp³-hybridized carbons (Fsp3) is 0.559. The number of nitrogens with two attached hydrogens (primary N) is 1. The Hall–Kier alpha value is -5.19. The number of nitrogens with one attached hydrogen (secondary N) is 7. The van der Waals surface area contributed by atoms with E-state index < -0.39 is 116 Å². The Morgan fingerprint density at radius 2 is 1.09 bits per heavy atom. The van der Waals surface area contributed by atoms with Crippen molar-refractivity contribution in [1.29, 1.82) is 0 Å². The van der Waals surface area contributed by atoms with Crippen LogP contribution >= 0.6 is 0 Å². The first-order valence-electron chi connectivity index (χ1n) is 17.4. The number of H-pyrrole nitrogens is 1. The number of fused-ring (bicyclic) bond motifs is 1. The number of para-hydroxylation sites is 1. The number of carboxylic acid groups (broad SMARTS) is 1. The van der Waals surface area contributed by atoms with Gasteiger partial charge in [-0.1, -0.05) is 32.0 Å². The summed E-state index contributed by atoms with van der Waals surface area (Å²) in [6, 6.07) is -4.19. The van der Waals surface area contributed by atoms with Crippen molar-refractivity contribution >= 4 is 52.3 Å².